The van der Waals surface area contributed by atoms with Gasteiger partial charge in [0, 0.05) is 22.3 Å². The van der Waals surface area contributed by atoms with Gasteiger partial charge in [0.2, 0.25) is 0 Å². The molecule has 0 aliphatic heterocycles. The lowest BCUT2D eigenvalue weighted by Crippen LogP contribution is -2.17. The smallest absolute Gasteiger partial charge is 0.256 e. The van der Waals surface area contributed by atoms with Gasteiger partial charge in [0.15, 0.2) is 5.78 Å². The van der Waals surface area contributed by atoms with Crippen LogP contribution in [0.1, 0.15) is 26.3 Å². The lowest BCUT2D eigenvalue weighted by molar-refractivity contribution is 0.0996. The Labute approximate surface area is 144 Å². The first kappa shape index (κ1) is 15.9. The van der Waals surface area contributed by atoms with Crippen LogP contribution in [0.25, 0.3) is 0 Å². The van der Waals surface area contributed by atoms with Gasteiger partial charge in [-0.25, -0.2) is 0 Å². The second-order valence-corrected chi connectivity index (χ2v) is 5.51. The Hall–Kier alpha value is -2.98. The minimum absolute atomic E-state index is 0.233. The first-order valence-corrected chi connectivity index (χ1v) is 7.63. The minimum Gasteiger partial charge on any atom is -0.321 e. The van der Waals surface area contributed by atoms with Gasteiger partial charge in [0.05, 0.1) is 17.4 Å². The van der Waals surface area contributed by atoms with Crippen LogP contribution in [0.4, 0.5) is 5.69 Å². The predicted octanol–water partition coefficient (Wildman–Crippen LogP) is 4.22. The molecule has 0 fully saturated rings. The summed E-state index contributed by atoms with van der Waals surface area (Å²) in [5.41, 5.74) is 1.68. The average Bonchev–Trinajstić information content (AvgIpc) is 2.62. The second kappa shape index (κ2) is 7.06. The van der Waals surface area contributed by atoms with Crippen molar-refractivity contribution in [1.29, 1.82) is 0 Å². The third-order valence-electron chi connectivity index (χ3n) is 3.44. The zero-order valence-electron chi connectivity index (χ0n) is 12.6. The van der Waals surface area contributed by atoms with Gasteiger partial charge in [-0.2, -0.15) is 0 Å². The van der Waals surface area contributed by atoms with Crippen molar-refractivity contribution < 1.29 is 9.59 Å². The number of amides is 1. The number of carbonyl (C=O) groups is 2. The maximum absolute atomic E-state index is 12.7. The molecule has 0 saturated heterocycles. The first-order chi connectivity index (χ1) is 11.6. The van der Waals surface area contributed by atoms with Crippen molar-refractivity contribution in [3.63, 3.8) is 0 Å². The third-order valence-corrected chi connectivity index (χ3v) is 3.69. The van der Waals surface area contributed by atoms with E-state index >= 15 is 0 Å². The summed E-state index contributed by atoms with van der Waals surface area (Å²) in [6, 6.07) is 16.7. The molecule has 0 unspecified atom stereocenters. The fourth-order valence-corrected chi connectivity index (χ4v) is 2.40. The van der Waals surface area contributed by atoms with Gasteiger partial charge in [0.25, 0.3) is 5.91 Å². The summed E-state index contributed by atoms with van der Waals surface area (Å²) in [6.45, 7) is 0. The highest BCUT2D eigenvalue weighted by Gasteiger charge is 2.18. The SMILES string of the molecule is O=C(Nc1cccnc1)c1ccccc1C(=O)c1ccc(Cl)cc1. The zero-order chi connectivity index (χ0) is 16.9. The predicted molar refractivity (Wildman–Crippen MR) is 93.5 cm³/mol. The Kier molecular flexibility index (Phi) is 4.68. The van der Waals surface area contributed by atoms with Crippen LogP contribution in [-0.2, 0) is 0 Å². The second-order valence-electron chi connectivity index (χ2n) is 5.08. The monoisotopic (exact) mass is 336 g/mol. The van der Waals surface area contributed by atoms with Crippen molar-refractivity contribution in [2.45, 2.75) is 0 Å². The molecule has 1 heterocycles. The van der Waals surface area contributed by atoms with E-state index in [0.29, 0.717) is 27.4 Å². The number of halogens is 1. The summed E-state index contributed by atoms with van der Waals surface area (Å²) in [5, 5.41) is 3.29. The van der Waals surface area contributed by atoms with Gasteiger partial charge in [0.1, 0.15) is 0 Å². The fraction of sp³-hybridized carbons (Fsp3) is 0. The zero-order valence-corrected chi connectivity index (χ0v) is 13.3. The van der Waals surface area contributed by atoms with Crippen molar-refractivity contribution in [1.82, 2.24) is 4.98 Å². The molecule has 2 aromatic carbocycles. The Morgan fingerprint density at radius 3 is 2.25 bits per heavy atom. The maximum atomic E-state index is 12.7. The standard InChI is InChI=1S/C19H13ClN2O2/c20-14-9-7-13(8-10-14)18(23)16-5-1-2-6-17(16)19(24)22-15-4-3-11-21-12-15/h1-12H,(H,22,24). The number of aromatic nitrogens is 1. The van der Waals surface area contributed by atoms with E-state index in [2.05, 4.69) is 10.3 Å². The first-order valence-electron chi connectivity index (χ1n) is 7.26. The number of nitrogens with one attached hydrogen (secondary N) is 1. The van der Waals surface area contributed by atoms with Gasteiger partial charge in [-0.15, -0.1) is 0 Å². The molecule has 1 amide bonds. The molecule has 0 spiro atoms. The Balaban J connectivity index is 1.91. The normalized spacial score (nSPS) is 10.2. The van der Waals surface area contributed by atoms with Crippen molar-refractivity contribution in [2.75, 3.05) is 5.32 Å². The van der Waals surface area contributed by atoms with Crippen LogP contribution >= 0.6 is 11.6 Å². The Morgan fingerprint density at radius 1 is 0.875 bits per heavy atom. The number of hydrogen-bond acceptors (Lipinski definition) is 3. The van der Waals surface area contributed by atoms with Crippen LogP contribution in [0.3, 0.4) is 0 Å². The molecule has 0 aliphatic rings. The number of carbonyl (C=O) groups excluding carboxylic acids is 2. The summed E-state index contributed by atoms with van der Waals surface area (Å²) in [7, 11) is 0. The molecule has 0 bridgehead atoms. The molecule has 24 heavy (non-hydrogen) atoms. The van der Waals surface area contributed by atoms with E-state index in [-0.39, 0.29) is 11.7 Å². The van der Waals surface area contributed by atoms with E-state index in [9.17, 15) is 9.59 Å². The molecule has 0 saturated carbocycles. The van der Waals surface area contributed by atoms with Crippen molar-refractivity contribution in [3.8, 4) is 0 Å². The Bertz CT molecular complexity index is 877. The molecule has 0 radical (unpaired) electrons. The highest BCUT2D eigenvalue weighted by atomic mass is 35.5. The topological polar surface area (TPSA) is 59.1 Å². The summed E-state index contributed by atoms with van der Waals surface area (Å²) >= 11 is 5.85. The van der Waals surface area contributed by atoms with Gasteiger partial charge >= 0.3 is 0 Å². The lowest BCUT2D eigenvalue weighted by atomic mass is 9.98. The van der Waals surface area contributed by atoms with Crippen LogP contribution in [0, 0.1) is 0 Å². The van der Waals surface area contributed by atoms with E-state index in [1.807, 2.05) is 0 Å². The average molecular weight is 337 g/mol. The molecule has 3 rings (SSSR count). The molecule has 1 aromatic heterocycles. The van der Waals surface area contributed by atoms with Gasteiger partial charge < -0.3 is 5.32 Å². The fourth-order valence-electron chi connectivity index (χ4n) is 2.27. The molecule has 3 aromatic rings. The highest BCUT2D eigenvalue weighted by Crippen LogP contribution is 2.18. The number of pyridine rings is 1. The summed E-state index contributed by atoms with van der Waals surface area (Å²) in [4.78, 5) is 29.2. The summed E-state index contributed by atoms with van der Waals surface area (Å²) in [5.74, 6) is -0.593. The number of hydrogen-bond donors (Lipinski definition) is 1. The lowest BCUT2D eigenvalue weighted by Gasteiger charge is -2.09. The number of anilines is 1. The molecule has 0 atom stereocenters. The maximum Gasteiger partial charge on any atom is 0.256 e. The molecule has 0 aliphatic carbocycles. The molecule has 4 nitrogen and oxygen atoms in total. The highest BCUT2D eigenvalue weighted by molar-refractivity contribution is 6.30. The van der Waals surface area contributed by atoms with E-state index in [4.69, 9.17) is 11.6 Å². The van der Waals surface area contributed by atoms with E-state index in [1.165, 1.54) is 0 Å². The van der Waals surface area contributed by atoms with Crippen LogP contribution in [-0.4, -0.2) is 16.7 Å². The molecule has 118 valence electrons. The Morgan fingerprint density at radius 2 is 1.58 bits per heavy atom. The number of rotatable bonds is 4. The molecule has 5 heteroatoms. The largest absolute Gasteiger partial charge is 0.321 e. The molecular weight excluding hydrogens is 324 g/mol. The van der Waals surface area contributed by atoms with Gasteiger partial charge in [-0.1, -0.05) is 29.8 Å². The van der Waals surface area contributed by atoms with E-state index in [1.54, 1.807) is 73.1 Å². The van der Waals surface area contributed by atoms with E-state index < -0.39 is 0 Å². The van der Waals surface area contributed by atoms with Crippen LogP contribution in [0.5, 0.6) is 0 Å². The summed E-state index contributed by atoms with van der Waals surface area (Å²) < 4.78 is 0. The van der Waals surface area contributed by atoms with Crippen LogP contribution in [0.2, 0.25) is 5.02 Å². The quantitative estimate of drug-likeness (QED) is 0.726. The molecular formula is C19H13ClN2O2. The number of ketones is 1. The van der Waals surface area contributed by atoms with Crippen LogP contribution in [0.15, 0.2) is 73.1 Å². The van der Waals surface area contributed by atoms with E-state index in [0.717, 1.165) is 0 Å². The molecule has 1 N–H and O–H groups in total. The van der Waals surface area contributed by atoms with Crippen LogP contribution < -0.4 is 5.32 Å². The third kappa shape index (κ3) is 3.50. The number of benzene rings is 2. The van der Waals surface area contributed by atoms with Crippen molar-refractivity contribution >= 4 is 29.0 Å². The van der Waals surface area contributed by atoms with Crippen molar-refractivity contribution in [2.24, 2.45) is 0 Å². The number of nitrogens with zero attached hydrogens (tertiary/aromatic N) is 1. The van der Waals surface area contributed by atoms with Crippen molar-refractivity contribution in [3.05, 3.63) is 94.8 Å². The minimum atomic E-state index is -0.360. The summed E-state index contributed by atoms with van der Waals surface area (Å²) in [6.07, 6.45) is 3.16. The van der Waals surface area contributed by atoms with Gasteiger partial charge in [-0.3, -0.25) is 14.6 Å². The van der Waals surface area contributed by atoms with Gasteiger partial charge in [-0.05, 0) is 42.5 Å².